The summed E-state index contributed by atoms with van der Waals surface area (Å²) >= 11 is 0. The Morgan fingerprint density at radius 1 is 1.31 bits per heavy atom. The highest BCUT2D eigenvalue weighted by Crippen LogP contribution is 2.29. The number of hydrogen-bond donors (Lipinski definition) is 3. The number of aliphatic hydroxyl groups excluding tert-OH is 2. The van der Waals surface area contributed by atoms with Crippen LogP contribution >= 0.6 is 0 Å². The lowest BCUT2D eigenvalue weighted by atomic mass is 10.4. The Morgan fingerprint density at radius 2 is 1.85 bits per heavy atom. The molecular formula is C7H15NO4S. The van der Waals surface area contributed by atoms with Gasteiger partial charge in [-0.2, -0.15) is 0 Å². The summed E-state index contributed by atoms with van der Waals surface area (Å²) < 4.78 is 24.8. The van der Waals surface area contributed by atoms with Gasteiger partial charge in [0.1, 0.15) is 0 Å². The van der Waals surface area contributed by atoms with Crippen molar-refractivity contribution in [1.29, 1.82) is 0 Å². The lowest BCUT2D eigenvalue weighted by molar-refractivity contribution is 0.185. The van der Waals surface area contributed by atoms with E-state index in [2.05, 4.69) is 4.72 Å². The molecule has 1 fully saturated rings. The molecule has 0 aromatic heterocycles. The molecule has 0 radical (unpaired) electrons. The van der Waals surface area contributed by atoms with Crippen LogP contribution in [0.25, 0.3) is 0 Å². The number of hydrogen-bond acceptors (Lipinski definition) is 4. The van der Waals surface area contributed by atoms with Crippen LogP contribution in [0.2, 0.25) is 0 Å². The van der Waals surface area contributed by atoms with Crippen molar-refractivity contribution in [2.45, 2.75) is 18.9 Å². The Bertz CT molecular complexity index is 243. The monoisotopic (exact) mass is 209 g/mol. The Labute approximate surface area is 77.8 Å². The summed E-state index contributed by atoms with van der Waals surface area (Å²) in [7, 11) is -3.31. The molecule has 0 spiro atoms. The van der Waals surface area contributed by atoms with Gasteiger partial charge in [0, 0.05) is 0 Å². The van der Waals surface area contributed by atoms with Crippen LogP contribution in [0.3, 0.4) is 0 Å². The quantitative estimate of drug-likeness (QED) is 0.506. The van der Waals surface area contributed by atoms with Gasteiger partial charge >= 0.3 is 0 Å². The van der Waals surface area contributed by atoms with Crippen molar-refractivity contribution in [2.75, 3.05) is 19.0 Å². The van der Waals surface area contributed by atoms with Crippen LogP contribution in [0.5, 0.6) is 0 Å². The second-order valence-corrected chi connectivity index (χ2v) is 5.20. The summed E-state index contributed by atoms with van der Waals surface area (Å²) in [5.41, 5.74) is 0. The lowest BCUT2D eigenvalue weighted by Gasteiger charge is -2.13. The first kappa shape index (κ1) is 10.9. The molecule has 0 amide bonds. The average molecular weight is 209 g/mol. The maximum Gasteiger partial charge on any atom is 0.212 e. The van der Waals surface area contributed by atoms with E-state index < -0.39 is 16.1 Å². The Balaban J connectivity index is 2.39. The van der Waals surface area contributed by atoms with Gasteiger partial charge in [-0.25, -0.2) is 13.1 Å². The predicted molar refractivity (Wildman–Crippen MR) is 47.6 cm³/mol. The van der Waals surface area contributed by atoms with Gasteiger partial charge < -0.3 is 10.2 Å². The highest BCUT2D eigenvalue weighted by molar-refractivity contribution is 7.89. The van der Waals surface area contributed by atoms with Gasteiger partial charge in [-0.15, -0.1) is 0 Å². The standard InChI is InChI=1S/C7H15NO4S/c9-3-7(4-10)8-13(11,12)5-6-1-2-6/h6-10H,1-5H2. The molecule has 1 aliphatic carbocycles. The molecule has 0 aromatic rings. The van der Waals surface area contributed by atoms with Crippen LogP contribution in [-0.4, -0.2) is 43.6 Å². The minimum absolute atomic E-state index is 0.115. The van der Waals surface area contributed by atoms with E-state index in [9.17, 15) is 8.42 Å². The fourth-order valence-corrected chi connectivity index (χ4v) is 2.74. The molecule has 0 aliphatic heterocycles. The molecule has 13 heavy (non-hydrogen) atoms. The van der Waals surface area contributed by atoms with Crippen molar-refractivity contribution < 1.29 is 18.6 Å². The summed E-state index contributed by atoms with van der Waals surface area (Å²) in [6, 6.07) is -0.760. The van der Waals surface area contributed by atoms with Crippen LogP contribution in [0.1, 0.15) is 12.8 Å². The summed E-state index contributed by atoms with van der Waals surface area (Å²) in [6.07, 6.45) is 1.92. The summed E-state index contributed by atoms with van der Waals surface area (Å²) in [4.78, 5) is 0. The van der Waals surface area contributed by atoms with E-state index >= 15 is 0 Å². The van der Waals surface area contributed by atoms with Crippen LogP contribution in [0.15, 0.2) is 0 Å². The molecular weight excluding hydrogens is 194 g/mol. The van der Waals surface area contributed by atoms with Crippen LogP contribution in [0.4, 0.5) is 0 Å². The third-order valence-corrected chi connectivity index (χ3v) is 3.54. The zero-order chi connectivity index (χ0) is 9.90. The summed E-state index contributed by atoms with van der Waals surface area (Å²) in [5.74, 6) is 0.388. The molecule has 1 rings (SSSR count). The fourth-order valence-electron chi connectivity index (χ4n) is 1.03. The van der Waals surface area contributed by atoms with E-state index in [1.165, 1.54) is 0 Å². The molecule has 0 unspecified atom stereocenters. The summed E-state index contributed by atoms with van der Waals surface area (Å²) in [6.45, 7) is -0.749. The van der Waals surface area contributed by atoms with E-state index in [1.54, 1.807) is 0 Å². The Morgan fingerprint density at radius 3 is 2.23 bits per heavy atom. The van der Waals surface area contributed by atoms with Crippen molar-refractivity contribution in [3.63, 3.8) is 0 Å². The zero-order valence-corrected chi connectivity index (χ0v) is 8.13. The first-order valence-electron chi connectivity index (χ1n) is 4.29. The lowest BCUT2D eigenvalue weighted by Crippen LogP contribution is -2.41. The van der Waals surface area contributed by atoms with E-state index in [0.29, 0.717) is 0 Å². The van der Waals surface area contributed by atoms with Gasteiger partial charge in [0.25, 0.3) is 0 Å². The van der Waals surface area contributed by atoms with Crippen LogP contribution in [-0.2, 0) is 10.0 Å². The largest absolute Gasteiger partial charge is 0.395 e. The third kappa shape index (κ3) is 4.04. The number of rotatable bonds is 6. The first-order valence-corrected chi connectivity index (χ1v) is 5.94. The van der Waals surface area contributed by atoms with Gasteiger partial charge in [0.05, 0.1) is 25.0 Å². The van der Waals surface area contributed by atoms with Gasteiger partial charge in [0.2, 0.25) is 10.0 Å². The van der Waals surface area contributed by atoms with Crippen molar-refractivity contribution in [1.82, 2.24) is 4.72 Å². The molecule has 0 heterocycles. The molecule has 1 saturated carbocycles. The molecule has 0 saturated heterocycles. The molecule has 5 nitrogen and oxygen atoms in total. The first-order chi connectivity index (χ1) is 6.07. The van der Waals surface area contributed by atoms with E-state index in [4.69, 9.17) is 10.2 Å². The van der Waals surface area contributed by atoms with Gasteiger partial charge in [-0.3, -0.25) is 0 Å². The highest BCUT2D eigenvalue weighted by Gasteiger charge is 2.29. The Hall–Kier alpha value is -0.170. The zero-order valence-electron chi connectivity index (χ0n) is 7.31. The molecule has 3 N–H and O–H groups in total. The topological polar surface area (TPSA) is 86.6 Å². The maximum atomic E-state index is 11.3. The SMILES string of the molecule is O=S(=O)(CC1CC1)NC(CO)CO. The van der Waals surface area contributed by atoms with Gasteiger partial charge in [0.15, 0.2) is 0 Å². The van der Waals surface area contributed by atoms with E-state index in [0.717, 1.165) is 12.8 Å². The van der Waals surface area contributed by atoms with Gasteiger partial charge in [-0.05, 0) is 18.8 Å². The number of aliphatic hydroxyl groups is 2. The smallest absolute Gasteiger partial charge is 0.212 e. The second-order valence-electron chi connectivity index (χ2n) is 3.40. The van der Waals surface area contributed by atoms with Crippen molar-refractivity contribution in [3.8, 4) is 0 Å². The molecule has 78 valence electrons. The summed E-state index contributed by atoms with van der Waals surface area (Å²) in [5, 5.41) is 17.3. The van der Waals surface area contributed by atoms with Crippen molar-refractivity contribution >= 4 is 10.0 Å². The maximum absolute atomic E-state index is 11.3. The van der Waals surface area contributed by atoms with E-state index in [1.807, 2.05) is 0 Å². The van der Waals surface area contributed by atoms with Crippen LogP contribution < -0.4 is 4.72 Å². The highest BCUT2D eigenvalue weighted by atomic mass is 32.2. The van der Waals surface area contributed by atoms with Crippen molar-refractivity contribution in [2.24, 2.45) is 5.92 Å². The molecule has 0 aromatic carbocycles. The Kier molecular flexibility index (Phi) is 3.66. The molecule has 1 aliphatic rings. The number of nitrogens with one attached hydrogen (secondary N) is 1. The van der Waals surface area contributed by atoms with Crippen LogP contribution in [0, 0.1) is 5.92 Å². The normalized spacial score (nSPS) is 18.1. The number of sulfonamides is 1. The van der Waals surface area contributed by atoms with Crippen molar-refractivity contribution in [3.05, 3.63) is 0 Å². The molecule has 0 bridgehead atoms. The minimum atomic E-state index is -3.31. The fraction of sp³-hybridized carbons (Fsp3) is 1.00. The molecule has 6 heteroatoms. The van der Waals surface area contributed by atoms with Gasteiger partial charge in [-0.1, -0.05) is 0 Å². The second kappa shape index (κ2) is 4.36. The predicted octanol–water partition coefficient (Wildman–Crippen LogP) is -1.33. The average Bonchev–Trinajstić information content (AvgIpc) is 2.83. The molecule has 0 atom stereocenters. The van der Waals surface area contributed by atoms with E-state index in [-0.39, 0.29) is 24.9 Å². The third-order valence-electron chi connectivity index (χ3n) is 1.94. The minimum Gasteiger partial charge on any atom is -0.395 e.